The Balaban J connectivity index is 2.17. The number of hydrogen-bond donors (Lipinski definition) is 3. The maximum Gasteiger partial charge on any atom is 0.243 e. The first kappa shape index (κ1) is 22.3. The fraction of sp³-hybridized carbons (Fsp3) is 0.400. The van der Waals surface area contributed by atoms with Crippen LogP contribution in [0, 0.1) is 0 Å². The molecule has 0 saturated heterocycles. The predicted molar refractivity (Wildman–Crippen MR) is 108 cm³/mol. The molecule has 2 aromatic carbocycles. The fourth-order valence-electron chi connectivity index (χ4n) is 2.83. The summed E-state index contributed by atoms with van der Waals surface area (Å²) in [6, 6.07) is 14.7. The van der Waals surface area contributed by atoms with E-state index in [1.807, 2.05) is 30.3 Å². The maximum absolute atomic E-state index is 13.0. The van der Waals surface area contributed by atoms with Gasteiger partial charge in [0.2, 0.25) is 10.0 Å². The molecule has 2 aromatic rings. The zero-order chi connectivity index (χ0) is 20.7. The van der Waals surface area contributed by atoms with E-state index < -0.39 is 28.3 Å². The Morgan fingerprint density at radius 2 is 1.64 bits per heavy atom. The Kier molecular flexibility index (Phi) is 7.97. The molecule has 4 N–H and O–H groups in total. The van der Waals surface area contributed by atoms with Gasteiger partial charge in [-0.3, -0.25) is 0 Å². The number of methoxy groups -OCH3 is 1. The van der Waals surface area contributed by atoms with Crippen LogP contribution < -0.4 is 10.5 Å². The van der Waals surface area contributed by atoms with Gasteiger partial charge in [-0.15, -0.1) is 0 Å². The average molecular weight is 409 g/mol. The first-order valence-electron chi connectivity index (χ1n) is 9.04. The quantitative estimate of drug-likeness (QED) is 0.541. The molecule has 0 heterocycles. The summed E-state index contributed by atoms with van der Waals surface area (Å²) in [4.78, 5) is 0.0535. The van der Waals surface area contributed by atoms with Crippen molar-refractivity contribution in [1.29, 1.82) is 0 Å². The van der Waals surface area contributed by atoms with Crippen LogP contribution in [-0.4, -0.2) is 61.4 Å². The van der Waals surface area contributed by atoms with Gasteiger partial charge in [-0.2, -0.15) is 4.31 Å². The zero-order valence-electron chi connectivity index (χ0n) is 16.1. The van der Waals surface area contributed by atoms with E-state index in [1.165, 1.54) is 26.2 Å². The smallest absolute Gasteiger partial charge is 0.243 e. The molecule has 8 heteroatoms. The van der Waals surface area contributed by atoms with Gasteiger partial charge >= 0.3 is 0 Å². The van der Waals surface area contributed by atoms with Crippen LogP contribution in [0.25, 0.3) is 0 Å². The number of ether oxygens (including phenoxy) is 1. The molecule has 0 spiro atoms. The first-order valence-corrected chi connectivity index (χ1v) is 10.5. The van der Waals surface area contributed by atoms with E-state index in [1.54, 1.807) is 12.1 Å². The lowest BCUT2D eigenvalue weighted by Crippen LogP contribution is -2.48. The van der Waals surface area contributed by atoms with Crippen molar-refractivity contribution in [3.05, 3.63) is 60.2 Å². The van der Waals surface area contributed by atoms with Crippen molar-refractivity contribution in [3.63, 3.8) is 0 Å². The Morgan fingerprint density at radius 3 is 2.18 bits per heavy atom. The zero-order valence-corrected chi connectivity index (χ0v) is 16.9. The summed E-state index contributed by atoms with van der Waals surface area (Å²) >= 11 is 0. The third kappa shape index (κ3) is 6.02. The third-order valence-electron chi connectivity index (χ3n) is 4.36. The summed E-state index contributed by atoms with van der Waals surface area (Å²) in [6.45, 7) is 1.13. The molecule has 2 rings (SSSR count). The van der Waals surface area contributed by atoms with Crippen LogP contribution >= 0.6 is 0 Å². The number of benzene rings is 2. The number of aliphatic hydroxyl groups is 2. The standard InChI is InChI=1S/C20H28N2O5S/c1-15(23)13-22(28(25,26)18-10-8-17(27-2)9-11-18)14-20(24)19(21)12-16-6-4-3-5-7-16/h3-11,15,19-20,23-24H,12-14,21H2,1-2H3. The highest BCUT2D eigenvalue weighted by atomic mass is 32.2. The second-order valence-electron chi connectivity index (χ2n) is 6.77. The van der Waals surface area contributed by atoms with Gasteiger partial charge in [0.1, 0.15) is 5.75 Å². The van der Waals surface area contributed by atoms with Crippen LogP contribution in [0.15, 0.2) is 59.5 Å². The molecule has 0 radical (unpaired) electrons. The molecular formula is C20H28N2O5S. The van der Waals surface area contributed by atoms with Crippen LogP contribution in [-0.2, 0) is 16.4 Å². The number of nitrogens with two attached hydrogens (primary N) is 1. The average Bonchev–Trinajstić information content (AvgIpc) is 2.67. The lowest BCUT2D eigenvalue weighted by Gasteiger charge is -2.28. The van der Waals surface area contributed by atoms with Crippen LogP contribution in [0.2, 0.25) is 0 Å². The summed E-state index contributed by atoms with van der Waals surface area (Å²) in [5.41, 5.74) is 7.05. The molecule has 0 bridgehead atoms. The molecule has 0 amide bonds. The molecule has 154 valence electrons. The molecule has 0 saturated carbocycles. The van der Waals surface area contributed by atoms with Crippen LogP contribution in [0.5, 0.6) is 5.75 Å². The van der Waals surface area contributed by atoms with E-state index in [0.717, 1.165) is 9.87 Å². The van der Waals surface area contributed by atoms with Crippen molar-refractivity contribution in [2.75, 3.05) is 20.2 Å². The molecule has 0 aliphatic heterocycles. The maximum atomic E-state index is 13.0. The minimum Gasteiger partial charge on any atom is -0.497 e. The second kappa shape index (κ2) is 9.99. The highest BCUT2D eigenvalue weighted by Crippen LogP contribution is 2.20. The van der Waals surface area contributed by atoms with Crippen molar-refractivity contribution >= 4 is 10.0 Å². The molecule has 0 aliphatic carbocycles. The summed E-state index contributed by atoms with van der Waals surface area (Å²) < 4.78 is 32.1. The lowest BCUT2D eigenvalue weighted by atomic mass is 10.0. The summed E-state index contributed by atoms with van der Waals surface area (Å²) in [5.74, 6) is 0.533. The summed E-state index contributed by atoms with van der Waals surface area (Å²) in [5, 5.41) is 20.3. The van der Waals surface area contributed by atoms with Crippen molar-refractivity contribution in [1.82, 2.24) is 4.31 Å². The Morgan fingerprint density at radius 1 is 1.04 bits per heavy atom. The van der Waals surface area contributed by atoms with Crippen molar-refractivity contribution in [2.45, 2.75) is 36.5 Å². The van der Waals surface area contributed by atoms with Gasteiger partial charge < -0.3 is 20.7 Å². The monoisotopic (exact) mass is 408 g/mol. The van der Waals surface area contributed by atoms with Gasteiger partial charge in [-0.05, 0) is 43.2 Å². The largest absolute Gasteiger partial charge is 0.497 e. The third-order valence-corrected chi connectivity index (χ3v) is 6.21. The van der Waals surface area contributed by atoms with Crippen LogP contribution in [0.4, 0.5) is 0 Å². The highest BCUT2D eigenvalue weighted by Gasteiger charge is 2.29. The highest BCUT2D eigenvalue weighted by molar-refractivity contribution is 7.89. The number of sulfonamides is 1. The minimum absolute atomic E-state index is 0.0535. The van der Waals surface area contributed by atoms with Crippen molar-refractivity contribution < 1.29 is 23.4 Å². The SMILES string of the molecule is COc1ccc(S(=O)(=O)N(CC(C)O)CC(O)C(N)Cc2ccccc2)cc1. The van der Waals surface area contributed by atoms with E-state index in [2.05, 4.69) is 0 Å². The molecule has 0 aliphatic rings. The van der Waals surface area contributed by atoms with E-state index in [4.69, 9.17) is 10.5 Å². The van der Waals surface area contributed by atoms with Crippen molar-refractivity contribution in [2.24, 2.45) is 5.73 Å². The van der Waals surface area contributed by atoms with Gasteiger partial charge in [0, 0.05) is 19.1 Å². The topological polar surface area (TPSA) is 113 Å². The Bertz CT molecular complexity index is 825. The molecular weight excluding hydrogens is 380 g/mol. The van der Waals surface area contributed by atoms with E-state index in [9.17, 15) is 18.6 Å². The van der Waals surface area contributed by atoms with E-state index in [0.29, 0.717) is 12.2 Å². The van der Waals surface area contributed by atoms with Gasteiger partial charge in [0.25, 0.3) is 0 Å². The molecule has 28 heavy (non-hydrogen) atoms. The van der Waals surface area contributed by atoms with Crippen LogP contribution in [0.3, 0.4) is 0 Å². The number of aliphatic hydroxyl groups excluding tert-OH is 2. The summed E-state index contributed by atoms with van der Waals surface area (Å²) in [6.07, 6.45) is -1.58. The molecule has 7 nitrogen and oxygen atoms in total. The number of rotatable bonds is 10. The Hall–Kier alpha value is -1.97. The van der Waals surface area contributed by atoms with Crippen molar-refractivity contribution in [3.8, 4) is 5.75 Å². The first-order chi connectivity index (χ1) is 13.2. The molecule has 3 unspecified atom stereocenters. The van der Waals surface area contributed by atoms with Gasteiger partial charge in [-0.25, -0.2) is 8.42 Å². The molecule has 0 aromatic heterocycles. The molecule has 3 atom stereocenters. The minimum atomic E-state index is -3.92. The van der Waals surface area contributed by atoms with Gasteiger partial charge in [0.15, 0.2) is 0 Å². The molecule has 0 fully saturated rings. The van der Waals surface area contributed by atoms with Gasteiger partial charge in [-0.1, -0.05) is 30.3 Å². The Labute approximate surface area is 166 Å². The normalized spacial score (nSPS) is 15.2. The summed E-state index contributed by atoms with van der Waals surface area (Å²) in [7, 11) is -2.43. The fourth-order valence-corrected chi connectivity index (χ4v) is 4.37. The number of hydrogen-bond acceptors (Lipinski definition) is 6. The predicted octanol–water partition coefficient (Wildman–Crippen LogP) is 0.998. The lowest BCUT2D eigenvalue weighted by molar-refractivity contribution is 0.0985. The van der Waals surface area contributed by atoms with Crippen LogP contribution in [0.1, 0.15) is 12.5 Å². The second-order valence-corrected chi connectivity index (χ2v) is 8.71. The number of nitrogens with zero attached hydrogens (tertiary/aromatic N) is 1. The van der Waals surface area contributed by atoms with Gasteiger partial charge in [0.05, 0.1) is 24.2 Å². The van der Waals surface area contributed by atoms with E-state index >= 15 is 0 Å². The van der Waals surface area contributed by atoms with E-state index in [-0.39, 0.29) is 18.0 Å².